The molecule has 1 aromatic heterocycles. The molecule has 3 amide bonds. The first-order chi connectivity index (χ1) is 12.5. The lowest BCUT2D eigenvalue weighted by atomic mass is 10.1. The van der Waals surface area contributed by atoms with Crippen molar-refractivity contribution in [2.24, 2.45) is 0 Å². The summed E-state index contributed by atoms with van der Waals surface area (Å²) in [6.45, 7) is 0. The van der Waals surface area contributed by atoms with E-state index in [1.165, 1.54) is 6.20 Å². The molecule has 7 heteroatoms. The SMILES string of the molecule is O=C(NC(=O)c1ccccc1Cl)Nc1ccc(-c2ccc(Br)cc2)nc1. The minimum atomic E-state index is -0.659. The van der Waals surface area contributed by atoms with Crippen LogP contribution in [0.15, 0.2) is 71.3 Å². The lowest BCUT2D eigenvalue weighted by Crippen LogP contribution is -2.34. The van der Waals surface area contributed by atoms with Crippen LogP contribution < -0.4 is 10.6 Å². The fourth-order valence-corrected chi connectivity index (χ4v) is 2.72. The number of carbonyl (C=O) groups is 2. The third-order valence-corrected chi connectivity index (χ3v) is 4.37. The molecule has 0 aliphatic rings. The lowest BCUT2D eigenvalue weighted by Gasteiger charge is -2.08. The van der Waals surface area contributed by atoms with E-state index in [2.05, 4.69) is 31.5 Å². The van der Waals surface area contributed by atoms with Gasteiger partial charge in [0.1, 0.15) is 0 Å². The van der Waals surface area contributed by atoms with E-state index in [-0.39, 0.29) is 10.6 Å². The first-order valence-electron chi connectivity index (χ1n) is 7.62. The van der Waals surface area contributed by atoms with Crippen molar-refractivity contribution in [1.82, 2.24) is 10.3 Å². The molecule has 0 fully saturated rings. The van der Waals surface area contributed by atoms with Crippen LogP contribution in [0.25, 0.3) is 11.3 Å². The molecule has 5 nitrogen and oxygen atoms in total. The predicted octanol–water partition coefficient (Wildman–Crippen LogP) is 5.13. The van der Waals surface area contributed by atoms with Gasteiger partial charge in [0.25, 0.3) is 5.91 Å². The zero-order chi connectivity index (χ0) is 18.5. The number of benzene rings is 2. The average molecular weight is 431 g/mol. The number of pyridine rings is 1. The van der Waals surface area contributed by atoms with Crippen molar-refractivity contribution in [2.45, 2.75) is 0 Å². The smallest absolute Gasteiger partial charge is 0.306 e. The number of carbonyl (C=O) groups excluding carboxylic acids is 2. The van der Waals surface area contributed by atoms with Gasteiger partial charge in [-0.2, -0.15) is 0 Å². The standard InChI is InChI=1S/C19H13BrClN3O2/c20-13-7-5-12(6-8-13)17-10-9-14(11-22-17)23-19(26)24-18(25)15-3-1-2-4-16(15)21/h1-11H,(H2,23,24,25,26). The van der Waals surface area contributed by atoms with Crippen LogP contribution in [0.2, 0.25) is 5.02 Å². The van der Waals surface area contributed by atoms with E-state index in [0.717, 1.165) is 15.7 Å². The number of hydrogen-bond acceptors (Lipinski definition) is 3. The first kappa shape index (κ1) is 18.1. The first-order valence-corrected chi connectivity index (χ1v) is 8.79. The molecule has 26 heavy (non-hydrogen) atoms. The van der Waals surface area contributed by atoms with Gasteiger partial charge < -0.3 is 5.32 Å². The summed E-state index contributed by atoms with van der Waals surface area (Å²) in [4.78, 5) is 28.4. The molecule has 0 saturated heterocycles. The number of nitrogens with zero attached hydrogens (tertiary/aromatic N) is 1. The van der Waals surface area contributed by atoms with Crippen LogP contribution in [0.5, 0.6) is 0 Å². The molecule has 0 atom stereocenters. The molecule has 0 saturated carbocycles. The number of rotatable bonds is 3. The minimum Gasteiger partial charge on any atom is -0.306 e. The summed E-state index contributed by atoms with van der Waals surface area (Å²) in [5, 5.41) is 5.07. The fourth-order valence-electron chi connectivity index (χ4n) is 2.24. The zero-order valence-electron chi connectivity index (χ0n) is 13.4. The van der Waals surface area contributed by atoms with Gasteiger partial charge in [-0.3, -0.25) is 15.1 Å². The predicted molar refractivity (Wildman–Crippen MR) is 105 cm³/mol. The zero-order valence-corrected chi connectivity index (χ0v) is 15.7. The molecular weight excluding hydrogens is 418 g/mol. The van der Waals surface area contributed by atoms with Crippen LogP contribution in [-0.4, -0.2) is 16.9 Å². The van der Waals surface area contributed by atoms with Crippen molar-refractivity contribution >= 4 is 45.2 Å². The average Bonchev–Trinajstić information content (AvgIpc) is 2.63. The van der Waals surface area contributed by atoms with Gasteiger partial charge >= 0.3 is 6.03 Å². The maximum absolute atomic E-state index is 12.1. The molecule has 0 spiro atoms. The lowest BCUT2D eigenvalue weighted by molar-refractivity contribution is 0.0967. The van der Waals surface area contributed by atoms with E-state index in [4.69, 9.17) is 11.6 Å². The molecule has 2 N–H and O–H groups in total. The maximum atomic E-state index is 12.1. The summed E-state index contributed by atoms with van der Waals surface area (Å²) in [5.41, 5.74) is 2.43. The Bertz CT molecular complexity index is 944. The van der Waals surface area contributed by atoms with E-state index < -0.39 is 11.9 Å². The van der Waals surface area contributed by atoms with Gasteiger partial charge in [-0.15, -0.1) is 0 Å². The van der Waals surface area contributed by atoms with Crippen LogP contribution in [-0.2, 0) is 0 Å². The van der Waals surface area contributed by atoms with Crippen molar-refractivity contribution in [3.05, 3.63) is 81.9 Å². The highest BCUT2D eigenvalue weighted by Crippen LogP contribution is 2.21. The van der Waals surface area contributed by atoms with Gasteiger partial charge in [0, 0.05) is 10.0 Å². The Morgan fingerprint density at radius 1 is 0.962 bits per heavy atom. The number of hydrogen-bond donors (Lipinski definition) is 2. The number of nitrogens with one attached hydrogen (secondary N) is 2. The molecule has 1 heterocycles. The molecule has 3 rings (SSSR count). The molecule has 0 unspecified atom stereocenters. The molecule has 3 aromatic rings. The number of halogens is 2. The summed E-state index contributed by atoms with van der Waals surface area (Å²) >= 11 is 9.33. The number of urea groups is 1. The number of anilines is 1. The Morgan fingerprint density at radius 2 is 1.69 bits per heavy atom. The van der Waals surface area contributed by atoms with Gasteiger partial charge in [0.2, 0.25) is 0 Å². The minimum absolute atomic E-state index is 0.230. The Morgan fingerprint density at radius 3 is 2.35 bits per heavy atom. The highest BCUT2D eigenvalue weighted by molar-refractivity contribution is 9.10. The largest absolute Gasteiger partial charge is 0.326 e. The molecular formula is C19H13BrClN3O2. The molecule has 130 valence electrons. The van der Waals surface area contributed by atoms with Crippen LogP contribution in [0, 0.1) is 0 Å². The summed E-state index contributed by atoms with van der Waals surface area (Å²) < 4.78 is 0.986. The fraction of sp³-hybridized carbons (Fsp3) is 0. The molecule has 0 aliphatic heterocycles. The van der Waals surface area contributed by atoms with Gasteiger partial charge in [-0.05, 0) is 36.4 Å². The van der Waals surface area contributed by atoms with E-state index >= 15 is 0 Å². The second kappa shape index (κ2) is 8.12. The Hall–Kier alpha value is -2.70. The van der Waals surface area contributed by atoms with Crippen molar-refractivity contribution in [3.63, 3.8) is 0 Å². The van der Waals surface area contributed by atoms with Gasteiger partial charge in [-0.1, -0.05) is 51.8 Å². The maximum Gasteiger partial charge on any atom is 0.326 e. The molecule has 2 aromatic carbocycles. The van der Waals surface area contributed by atoms with Crippen LogP contribution >= 0.6 is 27.5 Å². The second-order valence-corrected chi connectivity index (χ2v) is 6.65. The third-order valence-electron chi connectivity index (χ3n) is 3.51. The normalized spacial score (nSPS) is 10.2. The third kappa shape index (κ3) is 4.47. The van der Waals surface area contributed by atoms with Crippen LogP contribution in [0.3, 0.4) is 0 Å². The second-order valence-electron chi connectivity index (χ2n) is 5.33. The van der Waals surface area contributed by atoms with Crippen LogP contribution in [0.1, 0.15) is 10.4 Å². The van der Waals surface area contributed by atoms with Crippen molar-refractivity contribution in [1.29, 1.82) is 0 Å². The van der Waals surface area contributed by atoms with Gasteiger partial charge in [0.15, 0.2) is 0 Å². The van der Waals surface area contributed by atoms with E-state index in [9.17, 15) is 9.59 Å². The Balaban J connectivity index is 1.63. The van der Waals surface area contributed by atoms with Gasteiger partial charge in [-0.25, -0.2) is 4.79 Å². The number of aromatic nitrogens is 1. The Labute approximate surface area is 163 Å². The van der Waals surface area contributed by atoms with Gasteiger partial charge in [0.05, 0.1) is 28.2 Å². The quantitative estimate of drug-likeness (QED) is 0.605. The van der Waals surface area contributed by atoms with E-state index in [0.29, 0.717) is 5.69 Å². The van der Waals surface area contributed by atoms with Crippen LogP contribution in [0.4, 0.5) is 10.5 Å². The summed E-state index contributed by atoms with van der Waals surface area (Å²) in [7, 11) is 0. The van der Waals surface area contributed by atoms with E-state index in [1.807, 2.05) is 24.3 Å². The molecule has 0 radical (unpaired) electrons. The highest BCUT2D eigenvalue weighted by Gasteiger charge is 2.13. The summed E-state index contributed by atoms with van der Waals surface area (Å²) in [6.07, 6.45) is 1.52. The van der Waals surface area contributed by atoms with E-state index in [1.54, 1.807) is 36.4 Å². The van der Waals surface area contributed by atoms with Crippen molar-refractivity contribution in [3.8, 4) is 11.3 Å². The number of imide groups is 1. The topological polar surface area (TPSA) is 71.1 Å². The number of amides is 3. The Kier molecular flexibility index (Phi) is 5.65. The van der Waals surface area contributed by atoms with Crippen molar-refractivity contribution < 1.29 is 9.59 Å². The summed E-state index contributed by atoms with van der Waals surface area (Å²) in [5.74, 6) is -0.576. The monoisotopic (exact) mass is 429 g/mol. The highest BCUT2D eigenvalue weighted by atomic mass is 79.9. The van der Waals surface area contributed by atoms with Crippen molar-refractivity contribution in [2.75, 3.05) is 5.32 Å². The molecule has 0 bridgehead atoms. The summed E-state index contributed by atoms with van der Waals surface area (Å²) in [6, 6.07) is 17.1. The molecule has 0 aliphatic carbocycles.